The van der Waals surface area contributed by atoms with Gasteiger partial charge in [0, 0.05) is 42.7 Å². The molecular formula is C23H20F3N5O3. The van der Waals surface area contributed by atoms with Gasteiger partial charge in [-0.25, -0.2) is 13.2 Å². The van der Waals surface area contributed by atoms with Crippen LogP contribution in [0.25, 0.3) is 0 Å². The number of hydrogen-bond donors (Lipinski definition) is 2. The fraction of sp³-hybridized carbons (Fsp3) is 0.217. The number of rotatable bonds is 7. The molecule has 1 aliphatic rings. The predicted molar refractivity (Wildman–Crippen MR) is 117 cm³/mol. The monoisotopic (exact) mass is 471 g/mol. The fourth-order valence-corrected chi connectivity index (χ4v) is 3.51. The molecule has 176 valence electrons. The summed E-state index contributed by atoms with van der Waals surface area (Å²) in [5.41, 5.74) is 6.86. The lowest BCUT2D eigenvalue weighted by Gasteiger charge is -2.26. The Morgan fingerprint density at radius 3 is 2.56 bits per heavy atom. The first-order valence-corrected chi connectivity index (χ1v) is 10.3. The number of aromatic nitrogens is 2. The van der Waals surface area contributed by atoms with Crippen molar-refractivity contribution in [1.82, 2.24) is 9.97 Å². The number of primary amides is 1. The lowest BCUT2D eigenvalue weighted by Crippen LogP contribution is -2.41. The standard InChI is InChI=1S/C23H20F3N5O3/c24-18-3-4-19(25)22(26)16(18)10-30-20-8-14(29-11-17(20)23(27)33)7-13-1-2-15(9-28-13)31-5-6-34-12-21(31)32/h1-4,8-9,11H,5-7,10,12H2,(H2,27,33)(H,29,30). The largest absolute Gasteiger partial charge is 0.380 e. The van der Waals surface area contributed by atoms with Crippen LogP contribution < -0.4 is 16.0 Å². The molecule has 11 heteroatoms. The number of hydrogen-bond acceptors (Lipinski definition) is 6. The zero-order valence-corrected chi connectivity index (χ0v) is 17.9. The predicted octanol–water partition coefficient (Wildman–Crippen LogP) is 2.56. The summed E-state index contributed by atoms with van der Waals surface area (Å²) in [5, 5.41) is 2.74. The number of nitrogens with two attached hydrogens (primary N) is 1. The minimum absolute atomic E-state index is 0.00936. The van der Waals surface area contributed by atoms with Crippen LogP contribution in [0, 0.1) is 17.5 Å². The number of morpholine rings is 1. The highest BCUT2D eigenvalue weighted by molar-refractivity contribution is 5.98. The summed E-state index contributed by atoms with van der Waals surface area (Å²) < 4.78 is 46.5. The van der Waals surface area contributed by atoms with E-state index >= 15 is 0 Å². The van der Waals surface area contributed by atoms with Gasteiger partial charge in [-0.05, 0) is 30.3 Å². The third-order valence-electron chi connectivity index (χ3n) is 5.29. The van der Waals surface area contributed by atoms with Crippen molar-refractivity contribution in [3.05, 3.63) is 82.7 Å². The molecule has 4 rings (SSSR count). The van der Waals surface area contributed by atoms with Crippen LogP contribution in [0.15, 0.2) is 42.7 Å². The second kappa shape index (κ2) is 9.87. The van der Waals surface area contributed by atoms with Crippen LogP contribution in [0.3, 0.4) is 0 Å². The summed E-state index contributed by atoms with van der Waals surface area (Å²) in [6, 6.07) is 6.53. The van der Waals surface area contributed by atoms with E-state index in [0.29, 0.717) is 36.3 Å². The summed E-state index contributed by atoms with van der Waals surface area (Å²) >= 11 is 0. The number of nitrogens with one attached hydrogen (secondary N) is 1. The molecule has 0 spiro atoms. The van der Waals surface area contributed by atoms with Crippen molar-refractivity contribution in [3.63, 3.8) is 0 Å². The topological polar surface area (TPSA) is 110 Å². The number of anilines is 2. The Morgan fingerprint density at radius 1 is 1.09 bits per heavy atom. The molecule has 0 saturated carbocycles. The van der Waals surface area contributed by atoms with Crippen LogP contribution in [0.4, 0.5) is 24.5 Å². The number of ether oxygens (including phenoxy) is 1. The first-order valence-electron chi connectivity index (χ1n) is 10.3. The molecule has 3 N–H and O–H groups in total. The van der Waals surface area contributed by atoms with E-state index in [2.05, 4.69) is 15.3 Å². The second-order valence-corrected chi connectivity index (χ2v) is 7.54. The smallest absolute Gasteiger partial charge is 0.253 e. The van der Waals surface area contributed by atoms with Gasteiger partial charge in [-0.2, -0.15) is 0 Å². The summed E-state index contributed by atoms with van der Waals surface area (Å²) in [5.74, 6) is -4.36. The van der Waals surface area contributed by atoms with Gasteiger partial charge in [0.1, 0.15) is 12.4 Å². The molecule has 1 aromatic carbocycles. The highest BCUT2D eigenvalue weighted by atomic mass is 19.2. The highest BCUT2D eigenvalue weighted by Gasteiger charge is 2.20. The molecule has 8 nitrogen and oxygen atoms in total. The Labute approximate surface area is 192 Å². The van der Waals surface area contributed by atoms with E-state index in [1.807, 2.05) is 0 Å². The van der Waals surface area contributed by atoms with Crippen LogP contribution in [0.2, 0.25) is 0 Å². The lowest BCUT2D eigenvalue weighted by atomic mass is 10.1. The quantitative estimate of drug-likeness (QED) is 0.513. The summed E-state index contributed by atoms with van der Waals surface area (Å²) in [7, 11) is 0. The maximum absolute atomic E-state index is 14.0. The van der Waals surface area contributed by atoms with E-state index in [4.69, 9.17) is 10.5 Å². The number of pyridine rings is 2. The van der Waals surface area contributed by atoms with Crippen molar-refractivity contribution in [1.29, 1.82) is 0 Å². The van der Waals surface area contributed by atoms with Crippen LogP contribution in [-0.2, 0) is 22.5 Å². The third kappa shape index (κ3) is 4.99. The Balaban J connectivity index is 1.52. The van der Waals surface area contributed by atoms with Crippen molar-refractivity contribution in [2.75, 3.05) is 30.0 Å². The molecular weight excluding hydrogens is 451 g/mol. The normalized spacial score (nSPS) is 13.7. The van der Waals surface area contributed by atoms with Crippen LogP contribution >= 0.6 is 0 Å². The average Bonchev–Trinajstić information content (AvgIpc) is 2.82. The van der Waals surface area contributed by atoms with Gasteiger partial charge in [-0.3, -0.25) is 19.6 Å². The first-order chi connectivity index (χ1) is 16.3. The Hall–Kier alpha value is -3.99. The van der Waals surface area contributed by atoms with E-state index < -0.39 is 35.5 Å². The first kappa shape index (κ1) is 23.2. The van der Waals surface area contributed by atoms with E-state index in [9.17, 15) is 22.8 Å². The van der Waals surface area contributed by atoms with Gasteiger partial charge in [0.15, 0.2) is 11.6 Å². The average molecular weight is 471 g/mol. The van der Waals surface area contributed by atoms with Crippen molar-refractivity contribution in [2.24, 2.45) is 5.73 Å². The second-order valence-electron chi connectivity index (χ2n) is 7.54. The number of carbonyl (C=O) groups excluding carboxylic acids is 2. The minimum Gasteiger partial charge on any atom is -0.380 e. The Kier molecular flexibility index (Phi) is 6.73. The van der Waals surface area contributed by atoms with Gasteiger partial charge in [0.05, 0.1) is 29.7 Å². The van der Waals surface area contributed by atoms with Crippen LogP contribution in [-0.4, -0.2) is 41.5 Å². The van der Waals surface area contributed by atoms with Crippen LogP contribution in [0.5, 0.6) is 0 Å². The molecule has 1 fully saturated rings. The van der Waals surface area contributed by atoms with Gasteiger partial charge in [-0.15, -0.1) is 0 Å². The van der Waals surface area contributed by atoms with Crippen molar-refractivity contribution in [2.45, 2.75) is 13.0 Å². The van der Waals surface area contributed by atoms with E-state index in [-0.39, 0.29) is 30.2 Å². The van der Waals surface area contributed by atoms with Gasteiger partial charge in [-0.1, -0.05) is 0 Å². The zero-order chi connectivity index (χ0) is 24.2. The van der Waals surface area contributed by atoms with Gasteiger partial charge >= 0.3 is 0 Å². The minimum atomic E-state index is -1.31. The zero-order valence-electron chi connectivity index (χ0n) is 17.9. The van der Waals surface area contributed by atoms with Gasteiger partial charge in [0.2, 0.25) is 0 Å². The molecule has 3 aromatic rings. The van der Waals surface area contributed by atoms with E-state index in [0.717, 1.165) is 6.07 Å². The summed E-state index contributed by atoms with van der Waals surface area (Å²) in [6.07, 6.45) is 3.10. The molecule has 34 heavy (non-hydrogen) atoms. The molecule has 3 heterocycles. The Morgan fingerprint density at radius 2 is 1.85 bits per heavy atom. The van der Waals surface area contributed by atoms with E-state index in [1.165, 1.54) is 12.3 Å². The van der Waals surface area contributed by atoms with Crippen LogP contribution in [0.1, 0.15) is 27.3 Å². The van der Waals surface area contributed by atoms with Crippen molar-refractivity contribution in [3.8, 4) is 0 Å². The SMILES string of the molecule is NC(=O)c1cnc(Cc2ccc(N3CCOCC3=O)cn2)cc1NCc1c(F)ccc(F)c1F. The number of carbonyl (C=O) groups is 2. The highest BCUT2D eigenvalue weighted by Crippen LogP contribution is 2.22. The van der Waals surface area contributed by atoms with Gasteiger partial charge < -0.3 is 20.7 Å². The molecule has 0 atom stereocenters. The molecule has 1 saturated heterocycles. The third-order valence-corrected chi connectivity index (χ3v) is 5.29. The lowest BCUT2D eigenvalue weighted by molar-refractivity contribution is -0.125. The molecule has 0 bridgehead atoms. The number of halogens is 3. The fourth-order valence-electron chi connectivity index (χ4n) is 3.51. The number of benzene rings is 1. The number of amides is 2. The molecule has 0 aliphatic carbocycles. The van der Waals surface area contributed by atoms with Crippen molar-refractivity contribution < 1.29 is 27.5 Å². The molecule has 2 aromatic heterocycles. The summed E-state index contributed by atoms with van der Waals surface area (Å²) in [6.45, 7) is 0.497. The van der Waals surface area contributed by atoms with Crippen molar-refractivity contribution >= 4 is 23.2 Å². The molecule has 0 radical (unpaired) electrons. The molecule has 1 aliphatic heterocycles. The molecule has 0 unspecified atom stereocenters. The molecule has 2 amide bonds. The number of nitrogens with zero attached hydrogens (tertiary/aromatic N) is 3. The maximum Gasteiger partial charge on any atom is 0.253 e. The van der Waals surface area contributed by atoms with E-state index in [1.54, 1.807) is 23.2 Å². The summed E-state index contributed by atoms with van der Waals surface area (Å²) in [4.78, 5) is 33.9. The maximum atomic E-state index is 14.0. The van der Waals surface area contributed by atoms with Gasteiger partial charge in [0.25, 0.3) is 11.8 Å². The Bertz CT molecular complexity index is 1240.